The molecule has 2 rings (SSSR count). The van der Waals surface area contributed by atoms with Gasteiger partial charge in [-0.2, -0.15) is 0 Å². The van der Waals surface area contributed by atoms with E-state index < -0.39 is 0 Å². The first kappa shape index (κ1) is 19.4. The van der Waals surface area contributed by atoms with Crippen LogP contribution in [0.3, 0.4) is 0 Å². The second-order valence-electron chi connectivity index (χ2n) is 4.95. The van der Waals surface area contributed by atoms with Gasteiger partial charge in [-0.1, -0.05) is 11.6 Å². The smallest absolute Gasteiger partial charge is 0.255 e. The van der Waals surface area contributed by atoms with Crippen molar-refractivity contribution in [3.63, 3.8) is 0 Å². The fraction of sp³-hybridized carbons (Fsp3) is 0.278. The normalized spacial score (nSPS) is 10.3. The molecule has 0 atom stereocenters. The van der Waals surface area contributed by atoms with Crippen molar-refractivity contribution < 1.29 is 19.0 Å². The maximum absolute atomic E-state index is 12.6. The molecule has 0 fully saturated rings. The Hall–Kier alpha value is -1.92. The Balaban J connectivity index is 2.33. The lowest BCUT2D eigenvalue weighted by atomic mass is 10.1. The number of hydrogen-bond acceptors (Lipinski definition) is 4. The summed E-state index contributed by atoms with van der Waals surface area (Å²) in [6, 6.07) is 8.36. The number of nitrogens with one attached hydrogen (secondary N) is 1. The van der Waals surface area contributed by atoms with E-state index >= 15 is 0 Å². The number of hydrogen-bond donors (Lipinski definition) is 1. The summed E-state index contributed by atoms with van der Waals surface area (Å²) in [7, 11) is 1.52. The minimum atomic E-state index is -0.315. The van der Waals surface area contributed by atoms with Gasteiger partial charge in [-0.25, -0.2) is 0 Å². The molecule has 5 nitrogen and oxygen atoms in total. The molecule has 0 aliphatic heterocycles. The molecule has 0 saturated carbocycles. The first-order chi connectivity index (χ1) is 12.0. The first-order valence-corrected chi connectivity index (χ1v) is 8.91. The van der Waals surface area contributed by atoms with Gasteiger partial charge in [0.15, 0.2) is 11.5 Å². The largest absolute Gasteiger partial charge is 0.493 e. The minimum absolute atomic E-state index is 0.315. The van der Waals surface area contributed by atoms with Crippen molar-refractivity contribution in [2.75, 3.05) is 25.6 Å². The number of benzene rings is 2. The lowest BCUT2D eigenvalue weighted by Gasteiger charge is -2.15. The zero-order chi connectivity index (χ0) is 18.4. The van der Waals surface area contributed by atoms with E-state index in [1.807, 2.05) is 13.8 Å². The second-order valence-corrected chi connectivity index (χ2v) is 6.24. The van der Waals surface area contributed by atoms with Gasteiger partial charge in [0.2, 0.25) is 0 Å². The lowest BCUT2D eigenvalue weighted by Crippen LogP contribution is -2.13. The summed E-state index contributed by atoms with van der Waals surface area (Å²) in [4.78, 5) is 12.6. The molecule has 0 radical (unpaired) electrons. The molecule has 7 heteroatoms. The molecular weight excluding hydrogens is 410 g/mol. The maximum Gasteiger partial charge on any atom is 0.255 e. The highest BCUT2D eigenvalue weighted by Crippen LogP contribution is 2.37. The van der Waals surface area contributed by atoms with Crippen molar-refractivity contribution >= 4 is 39.1 Å². The Morgan fingerprint density at radius 3 is 2.48 bits per heavy atom. The Kier molecular flexibility index (Phi) is 6.96. The molecule has 0 bridgehead atoms. The summed E-state index contributed by atoms with van der Waals surface area (Å²) in [6.45, 7) is 4.71. The van der Waals surface area contributed by atoms with Gasteiger partial charge in [0.1, 0.15) is 5.75 Å². The van der Waals surface area contributed by atoms with Crippen LogP contribution in [0.25, 0.3) is 0 Å². The predicted octanol–water partition coefficient (Wildman–Crippen LogP) is 5.16. The summed E-state index contributed by atoms with van der Waals surface area (Å²) in [5.41, 5.74) is 0.915. The van der Waals surface area contributed by atoms with Crippen LogP contribution >= 0.6 is 27.5 Å². The quantitative estimate of drug-likeness (QED) is 0.662. The van der Waals surface area contributed by atoms with Gasteiger partial charge in [-0.3, -0.25) is 4.79 Å². The number of halogens is 2. The van der Waals surface area contributed by atoms with Crippen LogP contribution in [0.1, 0.15) is 24.2 Å². The van der Waals surface area contributed by atoms with Gasteiger partial charge in [0.25, 0.3) is 5.91 Å². The molecule has 0 spiro atoms. The van der Waals surface area contributed by atoms with Gasteiger partial charge in [0, 0.05) is 10.6 Å². The van der Waals surface area contributed by atoms with E-state index in [1.54, 1.807) is 30.3 Å². The minimum Gasteiger partial charge on any atom is -0.493 e. The topological polar surface area (TPSA) is 56.8 Å². The van der Waals surface area contributed by atoms with Crippen molar-refractivity contribution in [2.24, 2.45) is 0 Å². The highest BCUT2D eigenvalue weighted by atomic mass is 79.9. The summed E-state index contributed by atoms with van der Waals surface area (Å²) in [6.07, 6.45) is 0. The number of carbonyl (C=O) groups excluding carboxylic acids is 1. The zero-order valence-electron chi connectivity index (χ0n) is 14.2. The lowest BCUT2D eigenvalue weighted by molar-refractivity contribution is 0.102. The molecule has 1 amide bonds. The van der Waals surface area contributed by atoms with Crippen LogP contribution in [-0.4, -0.2) is 26.2 Å². The third-order valence-corrected chi connectivity index (χ3v) is 4.09. The number of amides is 1. The van der Waals surface area contributed by atoms with Crippen molar-refractivity contribution in [3.8, 4) is 17.2 Å². The number of anilines is 1. The number of methoxy groups -OCH3 is 1. The van der Waals surface area contributed by atoms with Crippen LogP contribution in [0.4, 0.5) is 5.69 Å². The monoisotopic (exact) mass is 427 g/mol. The fourth-order valence-corrected chi connectivity index (χ4v) is 2.94. The van der Waals surface area contributed by atoms with E-state index in [4.69, 9.17) is 25.8 Å². The van der Waals surface area contributed by atoms with E-state index in [2.05, 4.69) is 21.2 Å². The highest BCUT2D eigenvalue weighted by Gasteiger charge is 2.17. The molecule has 0 aromatic heterocycles. The molecule has 0 aliphatic carbocycles. The van der Waals surface area contributed by atoms with Gasteiger partial charge in [0.05, 0.1) is 30.5 Å². The fourth-order valence-electron chi connectivity index (χ4n) is 2.21. The third kappa shape index (κ3) is 4.80. The Morgan fingerprint density at radius 2 is 1.84 bits per heavy atom. The van der Waals surface area contributed by atoms with E-state index in [-0.39, 0.29) is 5.91 Å². The summed E-state index contributed by atoms with van der Waals surface area (Å²) in [5, 5.41) is 3.32. The maximum atomic E-state index is 12.6. The summed E-state index contributed by atoms with van der Waals surface area (Å²) < 4.78 is 17.0. The van der Waals surface area contributed by atoms with Crippen LogP contribution in [0.15, 0.2) is 34.8 Å². The van der Waals surface area contributed by atoms with Gasteiger partial charge >= 0.3 is 0 Å². The number of rotatable bonds is 7. The first-order valence-electron chi connectivity index (χ1n) is 7.74. The van der Waals surface area contributed by atoms with Gasteiger partial charge in [-0.15, -0.1) is 0 Å². The zero-order valence-corrected chi connectivity index (χ0v) is 16.5. The molecule has 25 heavy (non-hydrogen) atoms. The Morgan fingerprint density at radius 1 is 1.12 bits per heavy atom. The van der Waals surface area contributed by atoms with Gasteiger partial charge < -0.3 is 19.5 Å². The van der Waals surface area contributed by atoms with Crippen molar-refractivity contribution in [3.05, 3.63) is 45.4 Å². The molecule has 0 saturated heterocycles. The average Bonchev–Trinajstić information content (AvgIpc) is 2.59. The predicted molar refractivity (Wildman–Crippen MR) is 102 cm³/mol. The van der Waals surface area contributed by atoms with E-state index in [1.165, 1.54) is 7.11 Å². The van der Waals surface area contributed by atoms with Crippen LogP contribution in [0.5, 0.6) is 17.2 Å². The van der Waals surface area contributed by atoms with Crippen LogP contribution in [0, 0.1) is 0 Å². The molecule has 0 unspecified atom stereocenters. The van der Waals surface area contributed by atoms with Crippen LogP contribution in [-0.2, 0) is 0 Å². The molecule has 0 aliphatic rings. The molecule has 134 valence electrons. The van der Waals surface area contributed by atoms with Crippen LogP contribution in [0.2, 0.25) is 5.02 Å². The summed E-state index contributed by atoms with van der Waals surface area (Å²) in [5.74, 6) is 1.26. The third-order valence-electron chi connectivity index (χ3n) is 3.27. The number of ether oxygens (including phenoxy) is 3. The highest BCUT2D eigenvalue weighted by molar-refractivity contribution is 9.10. The Bertz CT molecular complexity index is 767. The van der Waals surface area contributed by atoms with E-state index in [0.717, 1.165) is 0 Å². The van der Waals surface area contributed by atoms with Crippen molar-refractivity contribution in [1.82, 2.24) is 0 Å². The molecule has 2 aromatic rings. The molecule has 2 aromatic carbocycles. The molecule has 1 N–H and O–H groups in total. The van der Waals surface area contributed by atoms with Crippen LogP contribution < -0.4 is 19.5 Å². The van der Waals surface area contributed by atoms with Crippen molar-refractivity contribution in [2.45, 2.75) is 13.8 Å². The Labute approximate surface area is 160 Å². The molecule has 0 heterocycles. The average molecular weight is 429 g/mol. The SMILES string of the molecule is CCOc1ccc(Cl)cc1NC(=O)c1cc(Br)c(OCC)c(OC)c1. The van der Waals surface area contributed by atoms with Gasteiger partial charge in [-0.05, 0) is 60.1 Å². The van der Waals surface area contributed by atoms with Crippen molar-refractivity contribution in [1.29, 1.82) is 0 Å². The van der Waals surface area contributed by atoms with E-state index in [9.17, 15) is 4.79 Å². The second kappa shape index (κ2) is 8.97. The molecular formula is C18H19BrClNO4. The standard InChI is InChI=1S/C18H19BrClNO4/c1-4-24-15-7-6-12(20)10-14(15)21-18(22)11-8-13(19)17(25-5-2)16(9-11)23-3/h6-10H,4-5H2,1-3H3,(H,21,22). The summed E-state index contributed by atoms with van der Waals surface area (Å²) >= 11 is 9.44. The van der Waals surface area contributed by atoms with E-state index in [0.29, 0.717) is 51.2 Å². The number of carbonyl (C=O) groups is 1.